The van der Waals surface area contributed by atoms with Crippen molar-refractivity contribution in [2.45, 2.75) is 64.1 Å². The molecule has 0 aromatic rings. The summed E-state index contributed by atoms with van der Waals surface area (Å²) in [6.45, 7) is 6.77. The maximum absolute atomic E-state index is 12.2. The van der Waals surface area contributed by atoms with Crippen molar-refractivity contribution in [1.82, 2.24) is 15.1 Å². The first-order valence-corrected chi connectivity index (χ1v) is 8.22. The number of rotatable bonds is 3. The molecule has 0 spiro atoms. The number of hydrogen-bond donors (Lipinski definition) is 1. The van der Waals surface area contributed by atoms with Crippen LogP contribution >= 0.6 is 0 Å². The Bertz CT molecular complexity index is 486. The number of likely N-dealkylation sites (tertiary alicyclic amines) is 2. The summed E-state index contributed by atoms with van der Waals surface area (Å²) in [5.41, 5.74) is -0.514. The van der Waals surface area contributed by atoms with Gasteiger partial charge in [0.25, 0.3) is 0 Å². The third-order valence-corrected chi connectivity index (χ3v) is 4.25. The van der Waals surface area contributed by atoms with E-state index in [1.54, 1.807) is 4.90 Å². The molecule has 0 radical (unpaired) electrons. The molecular weight excluding hydrogens is 298 g/mol. The van der Waals surface area contributed by atoms with Gasteiger partial charge in [-0.05, 0) is 40.0 Å². The van der Waals surface area contributed by atoms with Crippen LogP contribution in [0.25, 0.3) is 0 Å². The van der Waals surface area contributed by atoms with Gasteiger partial charge in [0, 0.05) is 32.6 Å². The first-order chi connectivity index (χ1) is 10.7. The van der Waals surface area contributed by atoms with Crippen LogP contribution in [0.2, 0.25) is 0 Å². The third kappa shape index (κ3) is 4.43. The Balaban J connectivity index is 1.88. The molecule has 2 saturated heterocycles. The molecule has 130 valence electrons. The number of piperidine rings is 1. The first kappa shape index (κ1) is 17.7. The Morgan fingerprint density at radius 2 is 2.00 bits per heavy atom. The molecule has 3 amide bonds. The van der Waals surface area contributed by atoms with E-state index in [2.05, 4.69) is 5.32 Å². The van der Waals surface area contributed by atoms with Gasteiger partial charge in [-0.2, -0.15) is 0 Å². The van der Waals surface area contributed by atoms with Crippen molar-refractivity contribution < 1.29 is 19.1 Å². The van der Waals surface area contributed by atoms with Gasteiger partial charge in [0.2, 0.25) is 11.8 Å². The molecule has 2 fully saturated rings. The first-order valence-electron chi connectivity index (χ1n) is 8.22. The molecule has 0 bridgehead atoms. The molecule has 0 saturated carbocycles. The summed E-state index contributed by atoms with van der Waals surface area (Å²) in [7, 11) is 1.51. The van der Waals surface area contributed by atoms with E-state index >= 15 is 0 Å². The predicted molar refractivity (Wildman–Crippen MR) is 84.8 cm³/mol. The van der Waals surface area contributed by atoms with Gasteiger partial charge >= 0.3 is 6.09 Å². The number of carbonyl (C=O) groups excluding carboxylic acids is 3. The number of likely N-dealkylation sites (N-methyl/N-ethyl adjacent to an activating group) is 1. The molecule has 23 heavy (non-hydrogen) atoms. The lowest BCUT2D eigenvalue weighted by atomic mass is 10.0. The number of nitrogens with zero attached hydrogens (tertiary/aromatic N) is 2. The van der Waals surface area contributed by atoms with Crippen LogP contribution in [0.4, 0.5) is 4.79 Å². The lowest BCUT2D eigenvalue weighted by Gasteiger charge is -2.32. The van der Waals surface area contributed by atoms with Crippen LogP contribution in [-0.4, -0.2) is 65.5 Å². The molecular formula is C16H27N3O4. The Kier molecular flexibility index (Phi) is 5.29. The van der Waals surface area contributed by atoms with Gasteiger partial charge in [-0.3, -0.25) is 14.5 Å². The minimum absolute atomic E-state index is 0.0283. The highest BCUT2D eigenvalue weighted by molar-refractivity contribution is 6.00. The average molecular weight is 325 g/mol. The van der Waals surface area contributed by atoms with Gasteiger partial charge in [0.05, 0.1) is 6.04 Å². The Morgan fingerprint density at radius 3 is 2.65 bits per heavy atom. The van der Waals surface area contributed by atoms with Crippen LogP contribution in [-0.2, 0) is 14.3 Å². The molecule has 7 nitrogen and oxygen atoms in total. The summed E-state index contributed by atoms with van der Waals surface area (Å²) in [5.74, 6) is -0.327. The zero-order valence-corrected chi connectivity index (χ0v) is 14.4. The van der Waals surface area contributed by atoms with Crippen LogP contribution in [0.5, 0.6) is 0 Å². The molecule has 2 heterocycles. The SMILES string of the molecule is CN1C(=O)CCC(NCC2CCCN2C(=O)OC(C)(C)C)C1=O. The van der Waals surface area contributed by atoms with E-state index in [0.29, 0.717) is 25.9 Å². The highest BCUT2D eigenvalue weighted by atomic mass is 16.6. The summed E-state index contributed by atoms with van der Waals surface area (Å²) in [4.78, 5) is 38.7. The summed E-state index contributed by atoms with van der Waals surface area (Å²) in [6, 6.07) is -0.320. The van der Waals surface area contributed by atoms with E-state index in [4.69, 9.17) is 4.74 Å². The van der Waals surface area contributed by atoms with Gasteiger partial charge in [0.1, 0.15) is 5.60 Å². The van der Waals surface area contributed by atoms with Crippen molar-refractivity contribution in [1.29, 1.82) is 0 Å². The van der Waals surface area contributed by atoms with Crippen molar-refractivity contribution in [3.63, 3.8) is 0 Å². The fourth-order valence-corrected chi connectivity index (χ4v) is 2.99. The number of nitrogens with one attached hydrogen (secondary N) is 1. The second-order valence-corrected chi connectivity index (χ2v) is 7.26. The average Bonchev–Trinajstić information content (AvgIpc) is 2.91. The van der Waals surface area contributed by atoms with Gasteiger partial charge in [-0.25, -0.2) is 4.79 Å². The lowest BCUT2D eigenvalue weighted by Crippen LogP contribution is -2.54. The predicted octanol–water partition coefficient (Wildman–Crippen LogP) is 1.12. The Hall–Kier alpha value is -1.63. The highest BCUT2D eigenvalue weighted by Gasteiger charge is 2.35. The largest absolute Gasteiger partial charge is 0.444 e. The number of ether oxygens (including phenoxy) is 1. The molecule has 7 heteroatoms. The topological polar surface area (TPSA) is 79.0 Å². The quantitative estimate of drug-likeness (QED) is 0.787. The van der Waals surface area contributed by atoms with Crippen molar-refractivity contribution in [3.05, 3.63) is 0 Å². The fraction of sp³-hybridized carbons (Fsp3) is 0.812. The zero-order chi connectivity index (χ0) is 17.2. The number of amides is 3. The lowest BCUT2D eigenvalue weighted by molar-refractivity contribution is -0.148. The van der Waals surface area contributed by atoms with E-state index in [9.17, 15) is 14.4 Å². The summed E-state index contributed by atoms with van der Waals surface area (Å²) in [6.07, 6.45) is 2.41. The van der Waals surface area contributed by atoms with Gasteiger partial charge < -0.3 is 15.0 Å². The van der Waals surface area contributed by atoms with Crippen molar-refractivity contribution in [2.75, 3.05) is 20.1 Å². The minimum Gasteiger partial charge on any atom is -0.444 e. The molecule has 1 N–H and O–H groups in total. The Labute approximate surface area is 137 Å². The third-order valence-electron chi connectivity index (χ3n) is 4.25. The summed E-state index contributed by atoms with van der Waals surface area (Å²) < 4.78 is 5.44. The second-order valence-electron chi connectivity index (χ2n) is 7.26. The molecule has 0 aromatic carbocycles. The van der Waals surface area contributed by atoms with E-state index in [1.165, 1.54) is 11.9 Å². The smallest absolute Gasteiger partial charge is 0.410 e. The van der Waals surface area contributed by atoms with E-state index < -0.39 is 5.60 Å². The summed E-state index contributed by atoms with van der Waals surface area (Å²) >= 11 is 0. The monoisotopic (exact) mass is 325 g/mol. The van der Waals surface area contributed by atoms with Crippen LogP contribution in [0.15, 0.2) is 0 Å². The molecule has 0 aromatic heterocycles. The highest BCUT2D eigenvalue weighted by Crippen LogP contribution is 2.21. The van der Waals surface area contributed by atoms with Gasteiger partial charge in [0.15, 0.2) is 0 Å². The summed E-state index contributed by atoms with van der Waals surface area (Å²) in [5, 5.41) is 3.22. The number of hydrogen-bond acceptors (Lipinski definition) is 5. The molecule has 2 rings (SSSR count). The molecule has 2 aliphatic heterocycles. The normalized spacial score (nSPS) is 25.9. The molecule has 0 aliphatic carbocycles. The number of imide groups is 1. The van der Waals surface area contributed by atoms with E-state index in [1.807, 2.05) is 20.8 Å². The van der Waals surface area contributed by atoms with E-state index in [-0.39, 0.29) is 30.0 Å². The van der Waals surface area contributed by atoms with Crippen molar-refractivity contribution in [3.8, 4) is 0 Å². The molecule has 2 aliphatic rings. The van der Waals surface area contributed by atoms with Crippen LogP contribution in [0.1, 0.15) is 46.5 Å². The van der Waals surface area contributed by atoms with Crippen molar-refractivity contribution in [2.24, 2.45) is 0 Å². The van der Waals surface area contributed by atoms with Crippen molar-refractivity contribution >= 4 is 17.9 Å². The molecule has 2 unspecified atom stereocenters. The fourth-order valence-electron chi connectivity index (χ4n) is 2.99. The maximum Gasteiger partial charge on any atom is 0.410 e. The van der Waals surface area contributed by atoms with Crippen LogP contribution in [0.3, 0.4) is 0 Å². The van der Waals surface area contributed by atoms with Crippen LogP contribution < -0.4 is 5.32 Å². The minimum atomic E-state index is -0.514. The van der Waals surface area contributed by atoms with E-state index in [0.717, 1.165) is 12.8 Å². The van der Waals surface area contributed by atoms with Gasteiger partial charge in [-0.15, -0.1) is 0 Å². The Morgan fingerprint density at radius 1 is 1.30 bits per heavy atom. The standard InChI is InChI=1S/C16H27N3O4/c1-16(2,3)23-15(22)19-9-5-6-11(19)10-17-12-7-8-13(20)18(4)14(12)21/h11-12,17H,5-10H2,1-4H3. The molecule has 2 atom stereocenters. The van der Waals surface area contributed by atoms with Gasteiger partial charge in [-0.1, -0.05) is 0 Å². The van der Waals surface area contributed by atoms with Crippen LogP contribution in [0, 0.1) is 0 Å². The number of carbonyl (C=O) groups is 3. The second kappa shape index (κ2) is 6.86. The zero-order valence-electron chi connectivity index (χ0n) is 14.4. The maximum atomic E-state index is 12.2.